The number of nitrogens with one attached hydrogen (secondary N) is 1. The molecule has 0 radical (unpaired) electrons. The molecule has 2 unspecified atom stereocenters. The number of carbonyl (C=O) groups is 2. The molecule has 1 aliphatic rings. The second-order valence-electron chi connectivity index (χ2n) is 11.0. The van der Waals surface area contributed by atoms with Crippen LogP contribution in [-0.4, -0.2) is 62.3 Å². The molecule has 0 fully saturated rings. The summed E-state index contributed by atoms with van der Waals surface area (Å²) < 4.78 is 57.4. The maximum Gasteiger partial charge on any atom is 0.331 e. The third-order valence-corrected chi connectivity index (χ3v) is 9.03. The minimum absolute atomic E-state index is 0.0208. The molecule has 0 saturated carbocycles. The van der Waals surface area contributed by atoms with Crippen molar-refractivity contribution in [1.82, 2.24) is 14.3 Å². The second-order valence-corrected chi connectivity index (χ2v) is 12.7. The van der Waals surface area contributed by atoms with Crippen molar-refractivity contribution in [2.24, 2.45) is 0 Å². The van der Waals surface area contributed by atoms with Crippen LogP contribution < -0.4 is 18.9 Å². The number of carboxylic acids is 1. The molecule has 1 aliphatic heterocycles. The van der Waals surface area contributed by atoms with Crippen molar-refractivity contribution in [2.45, 2.75) is 50.1 Å². The van der Waals surface area contributed by atoms with Gasteiger partial charge in [-0.2, -0.15) is 0 Å². The number of para-hydroxylation sites is 1. The molecule has 3 aromatic carbocycles. The highest BCUT2D eigenvalue weighted by Crippen LogP contribution is 2.39. The molecular formula is C35H37N3O10S. The predicted molar refractivity (Wildman–Crippen MR) is 178 cm³/mol. The summed E-state index contributed by atoms with van der Waals surface area (Å²) in [6, 6.07) is 19.6. The van der Waals surface area contributed by atoms with E-state index < -0.39 is 41.1 Å². The van der Waals surface area contributed by atoms with E-state index in [0.29, 0.717) is 40.7 Å². The fourth-order valence-electron chi connectivity index (χ4n) is 5.24. The number of nitrogens with zero attached hydrogens (tertiary/aromatic N) is 2. The summed E-state index contributed by atoms with van der Waals surface area (Å²) in [4.78, 5) is 30.0. The lowest BCUT2D eigenvalue weighted by Gasteiger charge is -2.31. The van der Waals surface area contributed by atoms with Crippen molar-refractivity contribution in [3.8, 4) is 22.9 Å². The Morgan fingerprint density at radius 3 is 2.53 bits per heavy atom. The molecule has 14 heteroatoms. The van der Waals surface area contributed by atoms with Crippen LogP contribution in [0, 0.1) is 0 Å². The van der Waals surface area contributed by atoms with Crippen LogP contribution in [0.5, 0.6) is 17.2 Å². The number of ether oxygens (including phenoxy) is 5. The zero-order valence-corrected chi connectivity index (χ0v) is 28.0. The molecule has 4 aromatic rings. The summed E-state index contributed by atoms with van der Waals surface area (Å²) in [5.41, 5.74) is 1.57. The number of unbranched alkanes of at least 4 members (excludes halogenated alkanes) is 1. The Bertz CT molecular complexity index is 1920. The number of aromatic nitrogens is 2. The second kappa shape index (κ2) is 15.8. The number of fused-ring (bicyclic) bond motifs is 1. The maximum absolute atomic E-state index is 12.8. The Kier molecular flexibility index (Phi) is 11.3. The normalized spacial score (nSPS) is 15.9. The molecule has 49 heavy (non-hydrogen) atoms. The molecule has 2 atom stereocenters. The highest BCUT2D eigenvalue weighted by atomic mass is 32.2. The van der Waals surface area contributed by atoms with E-state index in [1.54, 1.807) is 65.4 Å². The van der Waals surface area contributed by atoms with E-state index in [1.807, 2.05) is 17.7 Å². The van der Waals surface area contributed by atoms with Gasteiger partial charge in [-0.1, -0.05) is 49.7 Å². The number of aliphatic carboxylic acids is 1. The lowest BCUT2D eigenvalue weighted by molar-refractivity contribution is -0.268. The molecule has 1 amide bonds. The van der Waals surface area contributed by atoms with E-state index in [9.17, 15) is 23.1 Å². The van der Waals surface area contributed by atoms with E-state index in [0.717, 1.165) is 12.8 Å². The predicted octanol–water partition coefficient (Wildman–Crippen LogP) is 5.05. The third kappa shape index (κ3) is 8.46. The first kappa shape index (κ1) is 35.1. The number of hydrogen-bond acceptors (Lipinski definition) is 10. The molecule has 2 heterocycles. The fraction of sp³-hybridized carbons (Fsp3) is 0.286. The van der Waals surface area contributed by atoms with Gasteiger partial charge in [0.2, 0.25) is 0 Å². The molecule has 13 nitrogen and oxygen atoms in total. The van der Waals surface area contributed by atoms with Crippen LogP contribution in [0.3, 0.4) is 0 Å². The lowest BCUT2D eigenvalue weighted by atomic mass is 9.99. The molecule has 258 valence electrons. The molecule has 0 aliphatic carbocycles. The third-order valence-electron chi connectivity index (χ3n) is 7.64. The largest absolute Gasteiger partial charge is 0.497 e. The topological polar surface area (TPSA) is 165 Å². The molecule has 2 N–H and O–H groups in total. The summed E-state index contributed by atoms with van der Waals surface area (Å²) in [7, 11) is -1.22. The monoisotopic (exact) mass is 691 g/mol. The first-order valence-electron chi connectivity index (χ1n) is 15.5. The number of benzene rings is 3. The van der Waals surface area contributed by atoms with Crippen molar-refractivity contribution in [2.75, 3.05) is 20.8 Å². The number of imidazole rings is 1. The highest BCUT2D eigenvalue weighted by Gasteiger charge is 2.31. The Hall–Kier alpha value is -5.18. The molecule has 0 bridgehead atoms. The number of sulfonamides is 1. The standard InChI is InChI=1S/C35H37N3O10S/c1-4-5-15-32-36-21-24(18-23(34(40)41)19-30-27-13-9-10-14-29(27)47-35(45-3)48-30)38(32)28-17-16-25(44-2)20-31(28)46-22-33(39)37-49(42,43)26-11-7-6-8-12-26/h6-14,16-18,20-21,30,35H,4-5,15,19,22H2,1-3H3,(H,37,39)(H,40,41)/b23-18+. The van der Waals surface area contributed by atoms with Crippen LogP contribution in [0.1, 0.15) is 49.4 Å². The number of rotatable bonds is 15. The van der Waals surface area contributed by atoms with Crippen LogP contribution >= 0.6 is 0 Å². The minimum Gasteiger partial charge on any atom is -0.497 e. The van der Waals surface area contributed by atoms with Gasteiger partial charge < -0.3 is 28.8 Å². The molecule has 0 saturated heterocycles. The quantitative estimate of drug-likeness (QED) is 0.160. The van der Waals surface area contributed by atoms with Crippen molar-refractivity contribution in [3.05, 3.63) is 102 Å². The molecule has 0 spiro atoms. The van der Waals surface area contributed by atoms with E-state index in [4.69, 9.17) is 23.7 Å². The van der Waals surface area contributed by atoms with Crippen LogP contribution in [0.2, 0.25) is 0 Å². The Balaban J connectivity index is 1.49. The van der Waals surface area contributed by atoms with Gasteiger partial charge in [0.05, 0.1) is 35.7 Å². The van der Waals surface area contributed by atoms with Crippen molar-refractivity contribution >= 4 is 28.0 Å². The van der Waals surface area contributed by atoms with Crippen molar-refractivity contribution in [3.63, 3.8) is 0 Å². The van der Waals surface area contributed by atoms with Gasteiger partial charge in [-0.25, -0.2) is 22.9 Å². The van der Waals surface area contributed by atoms with E-state index in [1.165, 1.54) is 32.4 Å². The summed E-state index contributed by atoms with van der Waals surface area (Å²) in [5.74, 6) is -0.309. The van der Waals surface area contributed by atoms with E-state index in [2.05, 4.69) is 4.98 Å². The number of methoxy groups -OCH3 is 2. The maximum atomic E-state index is 12.8. The fourth-order valence-corrected chi connectivity index (χ4v) is 6.23. The average molecular weight is 692 g/mol. The van der Waals surface area contributed by atoms with Gasteiger partial charge in [0.15, 0.2) is 6.61 Å². The van der Waals surface area contributed by atoms with Gasteiger partial charge >= 0.3 is 12.4 Å². The highest BCUT2D eigenvalue weighted by molar-refractivity contribution is 7.90. The summed E-state index contributed by atoms with van der Waals surface area (Å²) in [6.07, 6.45) is 4.61. The van der Waals surface area contributed by atoms with Gasteiger partial charge in [-0.3, -0.25) is 9.36 Å². The van der Waals surface area contributed by atoms with Crippen LogP contribution in [0.15, 0.2) is 89.5 Å². The first-order valence-corrected chi connectivity index (χ1v) is 17.0. The first-order chi connectivity index (χ1) is 23.6. The Morgan fingerprint density at radius 2 is 1.82 bits per heavy atom. The van der Waals surface area contributed by atoms with E-state index in [-0.39, 0.29) is 22.6 Å². The number of aryl methyl sites for hydroxylation is 1. The van der Waals surface area contributed by atoms with Crippen LogP contribution in [0.4, 0.5) is 0 Å². The van der Waals surface area contributed by atoms with E-state index >= 15 is 0 Å². The molecular weight excluding hydrogens is 654 g/mol. The Labute approximate surface area is 284 Å². The Morgan fingerprint density at radius 1 is 1.06 bits per heavy atom. The lowest BCUT2D eigenvalue weighted by Crippen LogP contribution is -2.34. The van der Waals surface area contributed by atoms with Gasteiger partial charge in [0.25, 0.3) is 15.9 Å². The van der Waals surface area contributed by atoms with Gasteiger partial charge in [-0.05, 0) is 42.8 Å². The summed E-state index contributed by atoms with van der Waals surface area (Å²) in [6.45, 7) is 0.387. The number of hydrogen-bond donors (Lipinski definition) is 2. The summed E-state index contributed by atoms with van der Waals surface area (Å²) in [5, 5.41) is 10.3. The van der Waals surface area contributed by atoms with Crippen molar-refractivity contribution < 1.29 is 46.8 Å². The minimum atomic E-state index is -4.12. The molecule has 5 rings (SSSR count). The van der Waals surface area contributed by atoms with Crippen molar-refractivity contribution in [1.29, 1.82) is 0 Å². The van der Waals surface area contributed by atoms with Gasteiger partial charge in [0.1, 0.15) is 23.1 Å². The molecule has 1 aromatic heterocycles. The average Bonchev–Trinajstić information content (AvgIpc) is 3.50. The number of carboxylic acid groups (broad SMARTS) is 1. The zero-order valence-electron chi connectivity index (χ0n) is 27.2. The number of amides is 1. The summed E-state index contributed by atoms with van der Waals surface area (Å²) >= 11 is 0. The van der Waals surface area contributed by atoms with Gasteiger partial charge in [0, 0.05) is 37.2 Å². The smallest absolute Gasteiger partial charge is 0.331 e. The van der Waals surface area contributed by atoms with Crippen LogP contribution in [-0.2, 0) is 35.5 Å². The number of carbonyl (C=O) groups excluding carboxylic acids is 1. The SMILES string of the molecule is CCCCc1ncc(/C=C(\CC2OC(OC)Oc3ccccc32)C(=O)O)n1-c1ccc(OC)cc1OCC(=O)NS(=O)(=O)c1ccccc1. The van der Waals surface area contributed by atoms with Crippen LogP contribution in [0.25, 0.3) is 11.8 Å². The zero-order chi connectivity index (χ0) is 35.0. The van der Waals surface area contributed by atoms with Gasteiger partial charge in [-0.15, -0.1) is 0 Å².